The van der Waals surface area contributed by atoms with E-state index in [1.807, 2.05) is 12.1 Å². The summed E-state index contributed by atoms with van der Waals surface area (Å²) in [5.74, 6) is -0.413. The summed E-state index contributed by atoms with van der Waals surface area (Å²) in [5.41, 5.74) is 2.14. The summed E-state index contributed by atoms with van der Waals surface area (Å²) in [6.45, 7) is 3.10. The van der Waals surface area contributed by atoms with Gasteiger partial charge in [0.05, 0.1) is 5.92 Å². The average Bonchev–Trinajstić information content (AvgIpc) is 2.95. The summed E-state index contributed by atoms with van der Waals surface area (Å²) in [6.07, 6.45) is 4.18. The number of unbranched alkanes of at least 4 members (excludes halogenated alkanes) is 1. The van der Waals surface area contributed by atoms with Crippen molar-refractivity contribution in [3.8, 4) is 0 Å². The van der Waals surface area contributed by atoms with Crippen LogP contribution in [0.15, 0.2) is 24.3 Å². The lowest BCUT2D eigenvalue weighted by molar-refractivity contribution is -0.126. The fourth-order valence-corrected chi connectivity index (χ4v) is 2.79. The number of amides is 2. The quantitative estimate of drug-likeness (QED) is 0.719. The minimum atomic E-state index is -0.305. The number of anilines is 1. The van der Waals surface area contributed by atoms with Crippen LogP contribution in [0.5, 0.6) is 0 Å². The van der Waals surface area contributed by atoms with Crippen LogP contribution in [-0.2, 0) is 16.0 Å². The van der Waals surface area contributed by atoms with Gasteiger partial charge in [-0.05, 0) is 37.0 Å². The number of rotatable bonds is 8. The maximum Gasteiger partial charge on any atom is 0.227 e. The molecule has 126 valence electrons. The first kappa shape index (κ1) is 17.5. The number of hydrogen-bond donors (Lipinski definition) is 2. The van der Waals surface area contributed by atoms with Crippen molar-refractivity contribution in [3.63, 3.8) is 0 Å². The Labute approximate surface area is 137 Å². The maximum atomic E-state index is 12.2. The SMILES string of the molecule is CCCCc1ccc(N2CC(C(=O)NCCCO)CC2=O)cc1. The van der Waals surface area contributed by atoms with Gasteiger partial charge in [-0.25, -0.2) is 0 Å². The molecule has 1 saturated heterocycles. The van der Waals surface area contributed by atoms with Crippen molar-refractivity contribution in [3.05, 3.63) is 29.8 Å². The molecule has 1 aliphatic heterocycles. The van der Waals surface area contributed by atoms with Gasteiger partial charge in [0.1, 0.15) is 0 Å². The number of hydrogen-bond acceptors (Lipinski definition) is 3. The Bertz CT molecular complexity index is 528. The summed E-state index contributed by atoms with van der Waals surface area (Å²) in [7, 11) is 0. The topological polar surface area (TPSA) is 69.6 Å². The molecule has 0 aromatic heterocycles. The Balaban J connectivity index is 1.93. The van der Waals surface area contributed by atoms with Crippen LogP contribution in [0.3, 0.4) is 0 Å². The molecule has 1 aromatic carbocycles. The van der Waals surface area contributed by atoms with Gasteiger partial charge in [-0.3, -0.25) is 9.59 Å². The van der Waals surface area contributed by atoms with Crippen molar-refractivity contribution in [2.75, 3.05) is 24.6 Å². The van der Waals surface area contributed by atoms with Crippen LogP contribution < -0.4 is 10.2 Å². The zero-order valence-electron chi connectivity index (χ0n) is 13.8. The number of aryl methyl sites for hydroxylation is 1. The third-order valence-corrected chi connectivity index (χ3v) is 4.20. The van der Waals surface area contributed by atoms with Crippen molar-refractivity contribution in [1.29, 1.82) is 0 Å². The van der Waals surface area contributed by atoms with E-state index < -0.39 is 0 Å². The van der Waals surface area contributed by atoms with Crippen LogP contribution in [0.4, 0.5) is 5.69 Å². The molecular weight excluding hydrogens is 292 g/mol. The van der Waals surface area contributed by atoms with Crippen molar-refractivity contribution in [2.45, 2.75) is 39.0 Å². The number of carbonyl (C=O) groups excluding carboxylic acids is 2. The van der Waals surface area contributed by atoms with Crippen LogP contribution in [0, 0.1) is 5.92 Å². The molecule has 2 N–H and O–H groups in total. The van der Waals surface area contributed by atoms with Crippen molar-refractivity contribution >= 4 is 17.5 Å². The zero-order valence-corrected chi connectivity index (χ0v) is 13.8. The van der Waals surface area contributed by atoms with Gasteiger partial charge in [0, 0.05) is 31.8 Å². The average molecular weight is 318 g/mol. The minimum absolute atomic E-state index is 0.00591. The number of benzene rings is 1. The number of aliphatic hydroxyl groups is 1. The molecule has 1 heterocycles. The van der Waals surface area contributed by atoms with Crippen molar-refractivity contribution in [2.24, 2.45) is 5.92 Å². The summed E-state index contributed by atoms with van der Waals surface area (Å²) in [6, 6.07) is 8.06. The monoisotopic (exact) mass is 318 g/mol. The molecular formula is C18H26N2O3. The number of nitrogens with zero attached hydrogens (tertiary/aromatic N) is 1. The lowest BCUT2D eigenvalue weighted by Crippen LogP contribution is -2.33. The predicted molar refractivity (Wildman–Crippen MR) is 90.2 cm³/mol. The molecule has 5 nitrogen and oxygen atoms in total. The zero-order chi connectivity index (χ0) is 16.7. The van der Waals surface area contributed by atoms with E-state index in [1.54, 1.807) is 4.90 Å². The summed E-state index contributed by atoms with van der Waals surface area (Å²) in [5, 5.41) is 11.5. The second kappa shape index (κ2) is 8.67. The van der Waals surface area contributed by atoms with Crippen LogP contribution in [-0.4, -0.2) is 36.6 Å². The molecule has 5 heteroatoms. The minimum Gasteiger partial charge on any atom is -0.396 e. The molecule has 1 atom stereocenters. The van der Waals surface area contributed by atoms with E-state index in [4.69, 9.17) is 5.11 Å². The Morgan fingerprint density at radius 3 is 2.70 bits per heavy atom. The number of carbonyl (C=O) groups is 2. The summed E-state index contributed by atoms with van der Waals surface area (Å²) in [4.78, 5) is 25.9. The van der Waals surface area contributed by atoms with E-state index in [0.29, 0.717) is 19.5 Å². The highest BCUT2D eigenvalue weighted by Gasteiger charge is 2.34. The largest absolute Gasteiger partial charge is 0.396 e. The molecule has 1 fully saturated rings. The van der Waals surface area contributed by atoms with Gasteiger partial charge in [0.25, 0.3) is 0 Å². The Morgan fingerprint density at radius 2 is 2.04 bits per heavy atom. The third-order valence-electron chi connectivity index (χ3n) is 4.20. The number of aliphatic hydroxyl groups excluding tert-OH is 1. The summed E-state index contributed by atoms with van der Waals surface area (Å²) < 4.78 is 0. The van der Waals surface area contributed by atoms with E-state index in [9.17, 15) is 9.59 Å². The van der Waals surface area contributed by atoms with Crippen molar-refractivity contribution in [1.82, 2.24) is 5.32 Å². The molecule has 1 aliphatic rings. The Kier molecular flexibility index (Phi) is 6.59. The molecule has 1 unspecified atom stereocenters. The molecule has 1 aromatic rings. The van der Waals surface area contributed by atoms with Gasteiger partial charge in [-0.1, -0.05) is 25.5 Å². The summed E-state index contributed by atoms with van der Waals surface area (Å²) >= 11 is 0. The highest BCUT2D eigenvalue weighted by Crippen LogP contribution is 2.25. The highest BCUT2D eigenvalue weighted by atomic mass is 16.3. The van der Waals surface area contributed by atoms with Gasteiger partial charge in [-0.2, -0.15) is 0 Å². The fourth-order valence-electron chi connectivity index (χ4n) is 2.79. The first-order valence-electron chi connectivity index (χ1n) is 8.43. The van der Waals surface area contributed by atoms with Gasteiger partial charge < -0.3 is 15.3 Å². The third kappa shape index (κ3) is 4.79. The first-order chi connectivity index (χ1) is 11.2. The standard InChI is InChI=1S/C18H26N2O3/c1-2-3-5-14-6-8-16(9-7-14)20-13-15(12-17(20)22)18(23)19-10-4-11-21/h6-9,15,21H,2-5,10-13H2,1H3,(H,19,23). The van der Waals surface area contributed by atoms with Crippen LogP contribution >= 0.6 is 0 Å². The second-order valence-electron chi connectivity index (χ2n) is 6.04. The van der Waals surface area contributed by atoms with Crippen LogP contribution in [0.2, 0.25) is 0 Å². The smallest absolute Gasteiger partial charge is 0.227 e. The predicted octanol–water partition coefficient (Wildman–Crippen LogP) is 1.88. The van der Waals surface area contributed by atoms with Gasteiger partial charge in [0.15, 0.2) is 0 Å². The van der Waals surface area contributed by atoms with E-state index in [1.165, 1.54) is 12.0 Å². The highest BCUT2D eigenvalue weighted by molar-refractivity contribution is 6.00. The molecule has 0 bridgehead atoms. The maximum absolute atomic E-state index is 12.2. The first-order valence-corrected chi connectivity index (χ1v) is 8.43. The molecule has 0 spiro atoms. The van der Waals surface area contributed by atoms with E-state index in [-0.39, 0.29) is 30.8 Å². The molecule has 2 amide bonds. The van der Waals surface area contributed by atoms with Crippen LogP contribution in [0.1, 0.15) is 38.2 Å². The molecule has 0 saturated carbocycles. The number of nitrogens with one attached hydrogen (secondary N) is 1. The van der Waals surface area contributed by atoms with Gasteiger partial charge in [0.2, 0.25) is 11.8 Å². The van der Waals surface area contributed by atoms with Crippen molar-refractivity contribution < 1.29 is 14.7 Å². The lowest BCUT2D eigenvalue weighted by Gasteiger charge is -2.17. The normalized spacial score (nSPS) is 17.6. The molecule has 23 heavy (non-hydrogen) atoms. The van der Waals surface area contributed by atoms with Gasteiger partial charge in [-0.15, -0.1) is 0 Å². The van der Waals surface area contributed by atoms with E-state index >= 15 is 0 Å². The Morgan fingerprint density at radius 1 is 1.30 bits per heavy atom. The van der Waals surface area contributed by atoms with E-state index in [0.717, 1.165) is 18.5 Å². The fraction of sp³-hybridized carbons (Fsp3) is 0.556. The van der Waals surface area contributed by atoms with Gasteiger partial charge >= 0.3 is 0 Å². The van der Waals surface area contributed by atoms with E-state index in [2.05, 4.69) is 24.4 Å². The molecule has 2 rings (SSSR count). The second-order valence-corrected chi connectivity index (χ2v) is 6.04. The molecule has 0 radical (unpaired) electrons. The van der Waals surface area contributed by atoms with Crippen LogP contribution in [0.25, 0.3) is 0 Å². The lowest BCUT2D eigenvalue weighted by atomic mass is 10.1. The molecule has 0 aliphatic carbocycles. The Hall–Kier alpha value is -1.88.